The Bertz CT molecular complexity index is 737. The second-order valence-electron chi connectivity index (χ2n) is 6.46. The van der Waals surface area contributed by atoms with E-state index in [-0.39, 0.29) is 5.82 Å². The number of rotatable bonds is 3. The molecule has 0 amide bonds. The highest BCUT2D eigenvalue weighted by Gasteiger charge is 2.20. The minimum atomic E-state index is -0.136. The van der Waals surface area contributed by atoms with Crippen LogP contribution in [0.4, 0.5) is 10.2 Å². The minimum Gasteiger partial charge on any atom is -0.346 e. The molecule has 0 saturated carbocycles. The molecular weight excluding hydrogens is 335 g/mol. The van der Waals surface area contributed by atoms with Gasteiger partial charge in [-0.1, -0.05) is 18.2 Å². The third-order valence-corrected chi connectivity index (χ3v) is 4.70. The fourth-order valence-corrected chi connectivity index (χ4v) is 3.36. The Kier molecular flexibility index (Phi) is 5.60. The summed E-state index contributed by atoms with van der Waals surface area (Å²) in [4.78, 5) is 8.87. The van der Waals surface area contributed by atoms with Gasteiger partial charge in [-0.05, 0) is 49.8 Å². The van der Waals surface area contributed by atoms with Crippen molar-refractivity contribution in [3.05, 3.63) is 59.0 Å². The van der Waals surface area contributed by atoms with Gasteiger partial charge in [-0.3, -0.25) is 4.90 Å². The highest BCUT2D eigenvalue weighted by Crippen LogP contribution is 2.14. The number of nitrogens with zero attached hydrogens (tertiary/aromatic N) is 3. The van der Waals surface area contributed by atoms with Crippen LogP contribution in [-0.4, -0.2) is 46.1 Å². The van der Waals surface area contributed by atoms with Gasteiger partial charge < -0.3 is 10.2 Å². The molecule has 1 aromatic carbocycles. The van der Waals surface area contributed by atoms with Crippen molar-refractivity contribution in [1.29, 1.82) is 0 Å². The smallest absolute Gasteiger partial charge is 0.174 e. The fourth-order valence-electron chi connectivity index (χ4n) is 3.07. The number of piperazine rings is 1. The van der Waals surface area contributed by atoms with Crippen molar-refractivity contribution in [1.82, 2.24) is 14.8 Å². The Morgan fingerprint density at radius 1 is 1.16 bits per heavy atom. The zero-order chi connectivity index (χ0) is 17.8. The summed E-state index contributed by atoms with van der Waals surface area (Å²) in [6, 6.07) is 11.0. The number of anilines is 1. The molecule has 4 nitrogen and oxygen atoms in total. The van der Waals surface area contributed by atoms with Crippen molar-refractivity contribution in [2.45, 2.75) is 20.4 Å². The number of aryl methyl sites for hydroxylation is 2. The van der Waals surface area contributed by atoms with Crippen LogP contribution in [0.25, 0.3) is 0 Å². The number of hydrogen-bond acceptors (Lipinski definition) is 3. The van der Waals surface area contributed by atoms with Crippen LogP contribution in [0.3, 0.4) is 0 Å². The van der Waals surface area contributed by atoms with E-state index in [4.69, 9.17) is 12.2 Å². The van der Waals surface area contributed by atoms with Gasteiger partial charge in [0.15, 0.2) is 5.11 Å². The fraction of sp³-hybridized carbons (Fsp3) is 0.368. The predicted molar refractivity (Wildman–Crippen MR) is 103 cm³/mol. The molecule has 1 aliphatic rings. The molecular formula is C19H23FN4S. The van der Waals surface area contributed by atoms with Gasteiger partial charge in [-0.25, -0.2) is 9.37 Å². The van der Waals surface area contributed by atoms with Gasteiger partial charge in [-0.2, -0.15) is 0 Å². The van der Waals surface area contributed by atoms with Crippen LogP contribution in [-0.2, 0) is 6.54 Å². The maximum atomic E-state index is 13.8. The van der Waals surface area contributed by atoms with Crippen molar-refractivity contribution in [3.63, 3.8) is 0 Å². The quantitative estimate of drug-likeness (QED) is 0.851. The third-order valence-electron chi connectivity index (χ3n) is 4.34. The van der Waals surface area contributed by atoms with Crippen LogP contribution in [0.2, 0.25) is 0 Å². The largest absolute Gasteiger partial charge is 0.346 e. The minimum absolute atomic E-state index is 0.136. The van der Waals surface area contributed by atoms with E-state index in [1.54, 1.807) is 6.07 Å². The van der Waals surface area contributed by atoms with Crippen LogP contribution < -0.4 is 5.32 Å². The van der Waals surface area contributed by atoms with Gasteiger partial charge in [-0.15, -0.1) is 0 Å². The summed E-state index contributed by atoms with van der Waals surface area (Å²) in [6.45, 7) is 8.02. The molecule has 3 rings (SSSR count). The number of pyridine rings is 1. The SMILES string of the molecule is Cc1cc(C)nc(NC(=S)N2CCN(Cc3ccccc3F)CC2)c1. The first kappa shape index (κ1) is 17.8. The maximum absolute atomic E-state index is 13.8. The van der Waals surface area contributed by atoms with Crippen molar-refractivity contribution in [2.75, 3.05) is 31.5 Å². The first-order chi connectivity index (χ1) is 12.0. The van der Waals surface area contributed by atoms with E-state index in [2.05, 4.69) is 20.1 Å². The second kappa shape index (κ2) is 7.89. The van der Waals surface area contributed by atoms with Gasteiger partial charge in [0.2, 0.25) is 0 Å². The lowest BCUT2D eigenvalue weighted by Crippen LogP contribution is -2.49. The van der Waals surface area contributed by atoms with Crippen molar-refractivity contribution >= 4 is 23.1 Å². The standard InChI is InChI=1S/C19H23FN4S/c1-14-11-15(2)21-18(12-14)22-19(25)24-9-7-23(8-10-24)13-16-5-3-4-6-17(16)20/h3-6,11-12H,7-10,13H2,1-2H3,(H,21,22,25). The summed E-state index contributed by atoms with van der Waals surface area (Å²) in [6.07, 6.45) is 0. The molecule has 1 N–H and O–H groups in total. The average Bonchev–Trinajstić information content (AvgIpc) is 2.56. The van der Waals surface area contributed by atoms with Crippen molar-refractivity contribution in [3.8, 4) is 0 Å². The molecule has 0 spiro atoms. The number of nitrogens with one attached hydrogen (secondary N) is 1. The number of thiocarbonyl (C=S) groups is 1. The molecule has 0 atom stereocenters. The number of halogens is 1. The molecule has 0 aliphatic carbocycles. The number of benzene rings is 1. The number of hydrogen-bond donors (Lipinski definition) is 1. The van der Waals surface area contributed by atoms with Crippen LogP contribution in [0.15, 0.2) is 36.4 Å². The maximum Gasteiger partial charge on any atom is 0.174 e. The van der Waals surface area contributed by atoms with Gasteiger partial charge in [0.1, 0.15) is 11.6 Å². The Balaban J connectivity index is 1.53. The molecule has 1 saturated heterocycles. The summed E-state index contributed by atoms with van der Waals surface area (Å²) in [5.74, 6) is 0.652. The predicted octanol–water partition coefficient (Wildman–Crippen LogP) is 3.35. The molecule has 0 radical (unpaired) electrons. The zero-order valence-electron chi connectivity index (χ0n) is 14.6. The first-order valence-corrected chi connectivity index (χ1v) is 8.89. The van der Waals surface area contributed by atoms with Crippen LogP contribution in [0.5, 0.6) is 0 Å². The highest BCUT2D eigenvalue weighted by molar-refractivity contribution is 7.80. The van der Waals surface area contributed by atoms with E-state index < -0.39 is 0 Å². The van der Waals surface area contributed by atoms with E-state index in [0.717, 1.165) is 48.8 Å². The van der Waals surface area contributed by atoms with Gasteiger partial charge in [0, 0.05) is 44.0 Å². The Labute approximate surface area is 153 Å². The molecule has 1 aromatic heterocycles. The summed E-state index contributed by atoms with van der Waals surface area (Å²) < 4.78 is 13.8. The highest BCUT2D eigenvalue weighted by atomic mass is 32.1. The van der Waals surface area contributed by atoms with E-state index in [9.17, 15) is 4.39 Å². The molecule has 0 bridgehead atoms. The van der Waals surface area contributed by atoms with E-state index in [1.165, 1.54) is 6.07 Å². The molecule has 6 heteroatoms. The summed E-state index contributed by atoms with van der Waals surface area (Å²) in [5, 5.41) is 3.93. The molecule has 25 heavy (non-hydrogen) atoms. The summed E-state index contributed by atoms with van der Waals surface area (Å²) in [5.41, 5.74) is 2.88. The number of aromatic nitrogens is 1. The van der Waals surface area contributed by atoms with Crippen LogP contribution in [0, 0.1) is 19.7 Å². The van der Waals surface area contributed by atoms with Gasteiger partial charge in [0.25, 0.3) is 0 Å². The summed E-state index contributed by atoms with van der Waals surface area (Å²) >= 11 is 5.53. The monoisotopic (exact) mass is 358 g/mol. The molecule has 2 heterocycles. The van der Waals surface area contributed by atoms with Crippen LogP contribution in [0.1, 0.15) is 16.8 Å². The Morgan fingerprint density at radius 2 is 1.88 bits per heavy atom. The van der Waals surface area contributed by atoms with Gasteiger partial charge in [0.05, 0.1) is 0 Å². The van der Waals surface area contributed by atoms with E-state index in [1.807, 2.05) is 38.1 Å². The zero-order valence-corrected chi connectivity index (χ0v) is 15.4. The van der Waals surface area contributed by atoms with Gasteiger partial charge >= 0.3 is 0 Å². The Hall–Kier alpha value is -2.05. The van der Waals surface area contributed by atoms with E-state index >= 15 is 0 Å². The van der Waals surface area contributed by atoms with Crippen molar-refractivity contribution in [2.24, 2.45) is 0 Å². The molecule has 1 aliphatic heterocycles. The molecule has 2 aromatic rings. The normalized spacial score (nSPS) is 15.2. The Morgan fingerprint density at radius 3 is 2.56 bits per heavy atom. The second-order valence-corrected chi connectivity index (χ2v) is 6.84. The lowest BCUT2D eigenvalue weighted by atomic mass is 10.2. The molecule has 0 unspecified atom stereocenters. The topological polar surface area (TPSA) is 31.4 Å². The van der Waals surface area contributed by atoms with Crippen molar-refractivity contribution < 1.29 is 4.39 Å². The van der Waals surface area contributed by atoms with E-state index in [0.29, 0.717) is 11.7 Å². The third kappa shape index (κ3) is 4.74. The molecule has 132 valence electrons. The lowest BCUT2D eigenvalue weighted by molar-refractivity contribution is 0.175. The summed E-state index contributed by atoms with van der Waals surface area (Å²) in [7, 11) is 0. The van der Waals surface area contributed by atoms with Crippen LogP contribution >= 0.6 is 12.2 Å². The lowest BCUT2D eigenvalue weighted by Gasteiger charge is -2.36. The molecule has 1 fully saturated rings. The first-order valence-electron chi connectivity index (χ1n) is 8.48. The average molecular weight is 358 g/mol.